The van der Waals surface area contributed by atoms with Gasteiger partial charge in [0.2, 0.25) is 0 Å². The third kappa shape index (κ3) is 4.79. The minimum absolute atomic E-state index is 0.123. The smallest absolute Gasteiger partial charge is 0.306 e. The van der Waals surface area contributed by atoms with Crippen molar-refractivity contribution in [3.8, 4) is 5.69 Å². The van der Waals surface area contributed by atoms with Gasteiger partial charge in [-0.1, -0.05) is 6.58 Å². The molecule has 3 heterocycles. The number of benzene rings is 1. The zero-order valence-electron chi connectivity index (χ0n) is 20.7. The summed E-state index contributed by atoms with van der Waals surface area (Å²) in [7, 11) is 0. The fourth-order valence-electron chi connectivity index (χ4n) is 6.01. The van der Waals surface area contributed by atoms with Crippen LogP contribution in [-0.2, 0) is 9.53 Å². The van der Waals surface area contributed by atoms with Crippen LogP contribution in [0.1, 0.15) is 72.9 Å². The van der Waals surface area contributed by atoms with Crippen LogP contribution in [0, 0.1) is 24.5 Å². The molecule has 3 aromatic rings. The molecule has 2 aromatic heterocycles. The van der Waals surface area contributed by atoms with E-state index >= 15 is 0 Å². The third-order valence-corrected chi connectivity index (χ3v) is 8.69. The first-order chi connectivity index (χ1) is 17.8. The normalized spacial score (nSPS) is 21.7. The summed E-state index contributed by atoms with van der Waals surface area (Å²) >= 11 is 3.84. The van der Waals surface area contributed by atoms with Gasteiger partial charge in [-0.15, -0.1) is 0 Å². The van der Waals surface area contributed by atoms with Crippen molar-refractivity contribution in [2.45, 2.75) is 57.3 Å². The van der Waals surface area contributed by atoms with Crippen molar-refractivity contribution in [1.29, 1.82) is 0 Å². The number of H-pyrrole nitrogens is 1. The van der Waals surface area contributed by atoms with Gasteiger partial charge in [0.1, 0.15) is 0 Å². The molecule has 37 heavy (non-hydrogen) atoms. The Morgan fingerprint density at radius 1 is 1.14 bits per heavy atom. The Morgan fingerprint density at radius 3 is 2.43 bits per heavy atom. The average Bonchev–Trinajstić information content (AvgIpc) is 3.46. The number of hydrogen-bond acceptors (Lipinski definition) is 3. The molecule has 1 aliphatic carbocycles. The number of aliphatic carboxylic acids is 1. The number of carbonyl (C=O) groups is 1. The van der Waals surface area contributed by atoms with Crippen LogP contribution < -0.4 is 10.6 Å². The Hall–Kier alpha value is -2.78. The van der Waals surface area contributed by atoms with E-state index < -0.39 is 17.6 Å². The molecule has 0 amide bonds. The number of hydrogen-bond donors (Lipinski definition) is 2. The SMILES string of the molecule is C=c1cn[nH]/c1=C(\Br)c1c(C2CCC(C(=O)O)CC2)c(C2CCOCC2)n(-c2ccc(F)c(F)c2)c1C. The van der Waals surface area contributed by atoms with Crippen LogP contribution >= 0.6 is 15.9 Å². The topological polar surface area (TPSA) is 80.1 Å². The lowest BCUT2D eigenvalue weighted by Gasteiger charge is -2.31. The van der Waals surface area contributed by atoms with Crippen molar-refractivity contribution in [1.82, 2.24) is 14.8 Å². The van der Waals surface area contributed by atoms with Gasteiger partial charge < -0.3 is 14.4 Å². The first kappa shape index (κ1) is 25.9. The molecule has 2 fully saturated rings. The Morgan fingerprint density at radius 2 is 1.84 bits per heavy atom. The number of nitrogens with one attached hydrogen (secondary N) is 1. The van der Waals surface area contributed by atoms with Gasteiger partial charge in [-0.2, -0.15) is 5.10 Å². The first-order valence-electron chi connectivity index (χ1n) is 12.7. The Balaban J connectivity index is 1.80. The zero-order chi connectivity index (χ0) is 26.3. The minimum atomic E-state index is -0.898. The van der Waals surface area contributed by atoms with Gasteiger partial charge in [-0.3, -0.25) is 9.89 Å². The molecule has 1 aliphatic heterocycles. The van der Waals surface area contributed by atoms with Crippen molar-refractivity contribution >= 4 is 33.0 Å². The maximum absolute atomic E-state index is 14.5. The Bertz CT molecular complexity index is 1430. The highest BCUT2D eigenvalue weighted by atomic mass is 79.9. The van der Waals surface area contributed by atoms with Gasteiger partial charge in [0, 0.05) is 53.1 Å². The molecule has 2 N–H and O–H groups in total. The van der Waals surface area contributed by atoms with Crippen molar-refractivity contribution in [3.05, 3.63) is 69.1 Å². The van der Waals surface area contributed by atoms with Crippen molar-refractivity contribution in [2.75, 3.05) is 13.2 Å². The highest BCUT2D eigenvalue weighted by molar-refractivity contribution is 9.15. The van der Waals surface area contributed by atoms with Gasteiger partial charge in [0.15, 0.2) is 11.6 Å². The molecule has 0 unspecified atom stereocenters. The molecule has 1 saturated carbocycles. The van der Waals surface area contributed by atoms with E-state index in [-0.39, 0.29) is 17.8 Å². The minimum Gasteiger partial charge on any atom is -0.481 e. The molecule has 1 aromatic carbocycles. The van der Waals surface area contributed by atoms with Gasteiger partial charge in [0.25, 0.3) is 0 Å². The summed E-state index contributed by atoms with van der Waals surface area (Å²) in [6, 6.07) is 4.02. The lowest BCUT2D eigenvalue weighted by Crippen LogP contribution is -2.25. The molecule has 0 atom stereocenters. The van der Waals surface area contributed by atoms with Crippen LogP contribution in [0.25, 0.3) is 16.7 Å². The number of aromatic amines is 1. The van der Waals surface area contributed by atoms with E-state index in [9.17, 15) is 18.7 Å². The largest absolute Gasteiger partial charge is 0.481 e. The zero-order valence-corrected chi connectivity index (χ0v) is 22.3. The molecule has 196 valence electrons. The summed E-state index contributed by atoms with van der Waals surface area (Å²) in [6.07, 6.45) is 5.96. The van der Waals surface area contributed by atoms with Crippen LogP contribution in [0.2, 0.25) is 0 Å². The number of rotatable bonds is 5. The first-order valence-corrected chi connectivity index (χ1v) is 13.5. The lowest BCUT2D eigenvalue weighted by molar-refractivity contribution is -0.142. The molecule has 0 spiro atoms. The molecule has 9 heteroatoms. The molecule has 2 aliphatic rings. The Labute approximate surface area is 222 Å². The van der Waals surface area contributed by atoms with Crippen LogP contribution in [0.5, 0.6) is 0 Å². The third-order valence-electron chi connectivity index (χ3n) is 7.89. The summed E-state index contributed by atoms with van der Waals surface area (Å²) in [6.45, 7) is 7.35. The summed E-state index contributed by atoms with van der Waals surface area (Å²) in [4.78, 5) is 11.7. The van der Waals surface area contributed by atoms with E-state index in [2.05, 4.69) is 37.3 Å². The Kier molecular flexibility index (Phi) is 7.36. The predicted octanol–water partition coefficient (Wildman–Crippen LogP) is 5.00. The second-order valence-electron chi connectivity index (χ2n) is 10.1. The molecular weight excluding hydrogens is 544 g/mol. The molecule has 1 saturated heterocycles. The standard InChI is InChI=1S/C28H30BrF2N3O3/c1-15-14-32-33-26(15)25(29)23-16(2)34(20-7-8-21(30)22(31)13-20)27(18-9-11-37-12-10-18)24(23)17-3-5-19(6-4-17)28(35)36/h7-8,13-14,17-19,33H,1,3-6,9-12H2,2H3,(H,35,36)/b26-25-. The number of halogens is 3. The quantitative estimate of drug-likeness (QED) is 0.450. The van der Waals surface area contributed by atoms with E-state index in [0.29, 0.717) is 31.7 Å². The second-order valence-corrected chi connectivity index (χ2v) is 10.8. The number of carboxylic acids is 1. The van der Waals surface area contributed by atoms with E-state index in [0.717, 1.165) is 69.3 Å². The summed E-state index contributed by atoms with van der Waals surface area (Å²) < 4.78 is 36.9. The molecule has 6 nitrogen and oxygen atoms in total. The lowest BCUT2D eigenvalue weighted by atomic mass is 9.75. The van der Waals surface area contributed by atoms with Gasteiger partial charge >= 0.3 is 5.97 Å². The number of carboxylic acid groups (broad SMARTS) is 1. The van der Waals surface area contributed by atoms with Gasteiger partial charge in [0.05, 0.1) is 21.9 Å². The monoisotopic (exact) mass is 573 g/mol. The number of ether oxygens (including phenoxy) is 1. The van der Waals surface area contributed by atoms with Crippen LogP contribution in [0.4, 0.5) is 8.78 Å². The van der Waals surface area contributed by atoms with E-state index in [4.69, 9.17) is 4.74 Å². The molecule has 5 rings (SSSR count). The second kappa shape index (κ2) is 10.5. The van der Waals surface area contributed by atoms with Crippen LogP contribution in [0.3, 0.4) is 0 Å². The van der Waals surface area contributed by atoms with Crippen molar-refractivity contribution in [2.24, 2.45) is 5.92 Å². The highest BCUT2D eigenvalue weighted by Gasteiger charge is 2.36. The summed E-state index contributed by atoms with van der Waals surface area (Å²) in [5, 5.41) is 18.3. The summed E-state index contributed by atoms with van der Waals surface area (Å²) in [5.74, 6) is -2.59. The number of nitrogens with zero attached hydrogens (tertiary/aromatic N) is 2. The van der Waals surface area contributed by atoms with Gasteiger partial charge in [-0.05, 0) is 85.0 Å². The van der Waals surface area contributed by atoms with E-state index in [1.807, 2.05) is 6.92 Å². The maximum Gasteiger partial charge on any atom is 0.306 e. The average molecular weight is 574 g/mol. The highest BCUT2D eigenvalue weighted by Crippen LogP contribution is 2.47. The fourth-order valence-corrected chi connectivity index (χ4v) is 6.86. The van der Waals surface area contributed by atoms with Crippen LogP contribution in [-0.4, -0.2) is 39.1 Å². The molecular formula is C28H30BrF2N3O3. The predicted molar refractivity (Wildman–Crippen MR) is 140 cm³/mol. The molecule has 0 bridgehead atoms. The maximum atomic E-state index is 14.5. The van der Waals surface area contributed by atoms with Crippen molar-refractivity contribution < 1.29 is 23.4 Å². The van der Waals surface area contributed by atoms with Gasteiger partial charge in [-0.25, -0.2) is 8.78 Å². The molecule has 0 radical (unpaired) electrons. The summed E-state index contributed by atoms with van der Waals surface area (Å²) in [5.41, 5.74) is 4.63. The number of aromatic nitrogens is 3. The van der Waals surface area contributed by atoms with Crippen LogP contribution in [0.15, 0.2) is 24.4 Å². The van der Waals surface area contributed by atoms with Crippen molar-refractivity contribution in [3.63, 3.8) is 0 Å². The fraction of sp³-hybridized carbons (Fsp3) is 0.429. The van der Waals surface area contributed by atoms with E-state index in [1.165, 1.54) is 6.07 Å². The van der Waals surface area contributed by atoms with E-state index in [1.54, 1.807) is 12.3 Å².